The normalized spacial score (nSPS) is 24.6. The number of benzene rings is 2. The number of esters is 1. The third-order valence-electron chi connectivity index (χ3n) is 8.89. The second kappa shape index (κ2) is 13.2. The van der Waals surface area contributed by atoms with E-state index in [2.05, 4.69) is 46.7 Å². The number of ether oxygens (including phenoxy) is 2. The smallest absolute Gasteiger partial charge is 0.338 e. The summed E-state index contributed by atoms with van der Waals surface area (Å²) in [4.78, 5) is 43.2. The molecule has 5 rings (SSSR count). The van der Waals surface area contributed by atoms with Crippen LogP contribution in [-0.4, -0.2) is 73.8 Å². The first-order valence-electron chi connectivity index (χ1n) is 14.7. The highest BCUT2D eigenvalue weighted by Gasteiger charge is 2.44. The zero-order valence-electron chi connectivity index (χ0n) is 24.7. The van der Waals surface area contributed by atoms with Crippen LogP contribution in [0.4, 0.5) is 18.4 Å². The van der Waals surface area contributed by atoms with Crippen LogP contribution in [0.25, 0.3) is 0 Å². The predicted octanol–water partition coefficient (Wildman–Crippen LogP) is 4.92. The maximum atomic E-state index is 14.3. The Hall–Kier alpha value is -3.83. The van der Waals surface area contributed by atoms with Crippen LogP contribution in [0, 0.1) is 18.6 Å². The summed E-state index contributed by atoms with van der Waals surface area (Å²) in [6, 6.07) is 8.81. The van der Waals surface area contributed by atoms with Crippen LogP contribution in [0.5, 0.6) is 0 Å². The maximum Gasteiger partial charge on any atom is 0.338 e. The highest BCUT2D eigenvalue weighted by Crippen LogP contribution is 2.38. The molecule has 0 aromatic heterocycles. The highest BCUT2D eigenvalue weighted by molar-refractivity contribution is 6.01. The molecule has 2 aromatic rings. The molecule has 1 aliphatic carbocycles. The van der Waals surface area contributed by atoms with Crippen molar-refractivity contribution in [1.29, 1.82) is 0 Å². The van der Waals surface area contributed by atoms with Crippen LogP contribution < -0.4 is 10.6 Å². The van der Waals surface area contributed by atoms with E-state index in [0.29, 0.717) is 24.9 Å². The van der Waals surface area contributed by atoms with Crippen LogP contribution in [0.3, 0.4) is 0 Å². The molecule has 2 aromatic carbocycles. The Morgan fingerprint density at radius 3 is 2.44 bits per heavy atom. The fourth-order valence-electron chi connectivity index (χ4n) is 6.76. The number of carbonyl (C=O) groups excluding carboxylic acids is 3. The summed E-state index contributed by atoms with van der Waals surface area (Å²) in [6.07, 6.45) is 5.06. The number of nitrogens with one attached hydrogen (secondary N) is 2. The summed E-state index contributed by atoms with van der Waals surface area (Å²) < 4.78 is 38.3. The maximum absolute atomic E-state index is 14.3. The third-order valence-corrected chi connectivity index (χ3v) is 8.89. The fourth-order valence-corrected chi connectivity index (χ4v) is 6.76. The Labute approximate surface area is 250 Å². The number of nitrogens with zero attached hydrogens (tertiary/aromatic N) is 2. The number of urea groups is 2. The van der Waals surface area contributed by atoms with E-state index in [1.807, 2.05) is 0 Å². The standard InChI is InChI=1S/C32H38F2N4O5/c1-19-6-4-5-7-24(19)20-8-11-23(12-9-20)37-15-14-22(17-37)35-31(40)38-29(21-10-13-25(33)26(34)16-21)28(30(39)43-3)27(18-42-2)36-32(38)41/h4-7,10,13,16,20,22-23,29H,8-9,11-12,14-15,17-18H2,1-3H3,(H,35,40)(H,36,41). The number of methoxy groups -OCH3 is 2. The van der Waals surface area contributed by atoms with Crippen molar-refractivity contribution in [1.82, 2.24) is 20.4 Å². The SMILES string of the molecule is COCC1=C(C(=O)OC)C(c2ccc(F)c(F)c2)N(C(=O)NC2CCN(C3CCC(c4ccccc4C)CC3)C2)C(=O)N1. The number of aryl methyl sites for hydroxylation is 1. The van der Waals surface area contributed by atoms with Gasteiger partial charge in [0.25, 0.3) is 0 Å². The lowest BCUT2D eigenvalue weighted by atomic mass is 9.80. The Bertz CT molecular complexity index is 1410. The molecule has 1 saturated carbocycles. The lowest BCUT2D eigenvalue weighted by molar-refractivity contribution is -0.137. The quantitative estimate of drug-likeness (QED) is 0.440. The first-order valence-corrected chi connectivity index (χ1v) is 14.7. The molecule has 4 amide bonds. The van der Waals surface area contributed by atoms with Crippen molar-refractivity contribution in [2.75, 3.05) is 33.9 Å². The van der Waals surface area contributed by atoms with Crippen molar-refractivity contribution in [2.24, 2.45) is 0 Å². The number of imide groups is 1. The van der Waals surface area contributed by atoms with Crippen molar-refractivity contribution in [3.63, 3.8) is 0 Å². The van der Waals surface area contributed by atoms with E-state index >= 15 is 0 Å². The molecule has 2 atom stereocenters. The highest BCUT2D eigenvalue weighted by atomic mass is 19.2. The van der Waals surface area contributed by atoms with Crippen LogP contribution in [0.15, 0.2) is 53.7 Å². The molecule has 0 radical (unpaired) electrons. The van der Waals surface area contributed by atoms with Crippen LogP contribution in [0.2, 0.25) is 0 Å². The average Bonchev–Trinajstić information content (AvgIpc) is 3.46. The topological polar surface area (TPSA) is 100 Å². The van der Waals surface area contributed by atoms with Gasteiger partial charge in [0.15, 0.2) is 11.6 Å². The molecular formula is C32H38F2N4O5. The minimum atomic E-state index is -1.37. The molecule has 2 heterocycles. The number of hydrogen-bond donors (Lipinski definition) is 2. The van der Waals surface area contributed by atoms with Gasteiger partial charge in [0, 0.05) is 32.3 Å². The zero-order valence-corrected chi connectivity index (χ0v) is 24.7. The molecule has 0 bridgehead atoms. The minimum Gasteiger partial charge on any atom is -0.466 e. The van der Waals surface area contributed by atoms with Gasteiger partial charge in [-0.25, -0.2) is 28.1 Å². The van der Waals surface area contributed by atoms with E-state index in [9.17, 15) is 23.2 Å². The van der Waals surface area contributed by atoms with Gasteiger partial charge in [0.05, 0.1) is 25.0 Å². The largest absolute Gasteiger partial charge is 0.466 e. The molecule has 0 spiro atoms. The van der Waals surface area contributed by atoms with Gasteiger partial charge < -0.3 is 20.1 Å². The van der Waals surface area contributed by atoms with Gasteiger partial charge in [-0.3, -0.25) is 4.90 Å². The number of amides is 4. The van der Waals surface area contributed by atoms with Gasteiger partial charge in [-0.15, -0.1) is 0 Å². The van der Waals surface area contributed by atoms with Gasteiger partial charge in [-0.1, -0.05) is 30.3 Å². The lowest BCUT2D eigenvalue weighted by Gasteiger charge is -2.37. The molecule has 1 saturated heterocycles. The summed E-state index contributed by atoms with van der Waals surface area (Å²) in [5.41, 5.74) is 2.77. The molecule has 3 aliphatic rings. The van der Waals surface area contributed by atoms with E-state index < -0.39 is 35.7 Å². The molecule has 2 fully saturated rings. The lowest BCUT2D eigenvalue weighted by Crippen LogP contribution is -2.56. The second-order valence-electron chi connectivity index (χ2n) is 11.5. The van der Waals surface area contributed by atoms with Crippen molar-refractivity contribution in [3.8, 4) is 0 Å². The summed E-state index contributed by atoms with van der Waals surface area (Å²) in [6.45, 7) is 3.44. The van der Waals surface area contributed by atoms with E-state index in [4.69, 9.17) is 9.47 Å². The van der Waals surface area contributed by atoms with E-state index in [1.165, 1.54) is 24.3 Å². The van der Waals surface area contributed by atoms with Crippen molar-refractivity contribution < 1.29 is 32.6 Å². The zero-order chi connectivity index (χ0) is 30.7. The fraction of sp³-hybridized carbons (Fsp3) is 0.469. The summed E-state index contributed by atoms with van der Waals surface area (Å²) in [5, 5.41) is 5.50. The molecule has 2 N–H and O–H groups in total. The monoisotopic (exact) mass is 596 g/mol. The summed E-state index contributed by atoms with van der Waals surface area (Å²) in [5.74, 6) is -2.56. The van der Waals surface area contributed by atoms with Gasteiger partial charge in [-0.05, 0) is 73.8 Å². The summed E-state index contributed by atoms with van der Waals surface area (Å²) in [7, 11) is 2.53. The van der Waals surface area contributed by atoms with Gasteiger partial charge in [0.2, 0.25) is 0 Å². The molecule has 2 aliphatic heterocycles. The number of halogens is 2. The van der Waals surface area contributed by atoms with E-state index in [-0.39, 0.29) is 29.5 Å². The second-order valence-corrected chi connectivity index (χ2v) is 11.5. The molecular weight excluding hydrogens is 558 g/mol. The Morgan fingerprint density at radius 2 is 1.77 bits per heavy atom. The number of hydrogen-bond acceptors (Lipinski definition) is 6. The van der Waals surface area contributed by atoms with Gasteiger partial charge in [-0.2, -0.15) is 0 Å². The Kier molecular flexibility index (Phi) is 9.41. The molecule has 43 heavy (non-hydrogen) atoms. The minimum absolute atomic E-state index is 0.0383. The van der Waals surface area contributed by atoms with E-state index in [1.54, 1.807) is 0 Å². The Morgan fingerprint density at radius 1 is 1.02 bits per heavy atom. The first kappa shape index (κ1) is 30.6. The number of likely N-dealkylation sites (tertiary alicyclic amines) is 1. The first-order chi connectivity index (χ1) is 20.7. The predicted molar refractivity (Wildman–Crippen MR) is 155 cm³/mol. The number of carbonyl (C=O) groups is 3. The van der Waals surface area contributed by atoms with Crippen LogP contribution >= 0.6 is 0 Å². The molecule has 230 valence electrons. The summed E-state index contributed by atoms with van der Waals surface area (Å²) >= 11 is 0. The molecule has 2 unspecified atom stereocenters. The van der Waals surface area contributed by atoms with Crippen LogP contribution in [0.1, 0.15) is 60.8 Å². The molecule has 9 nitrogen and oxygen atoms in total. The van der Waals surface area contributed by atoms with Gasteiger partial charge >= 0.3 is 18.0 Å². The van der Waals surface area contributed by atoms with Crippen molar-refractivity contribution in [3.05, 3.63) is 82.1 Å². The van der Waals surface area contributed by atoms with Gasteiger partial charge in [0.1, 0.15) is 6.04 Å². The third kappa shape index (κ3) is 6.42. The van der Waals surface area contributed by atoms with E-state index in [0.717, 1.165) is 56.4 Å². The van der Waals surface area contributed by atoms with Crippen molar-refractivity contribution >= 4 is 18.0 Å². The Balaban J connectivity index is 1.31. The van der Waals surface area contributed by atoms with Crippen molar-refractivity contribution in [2.45, 2.75) is 63.1 Å². The molecule has 11 heteroatoms. The van der Waals surface area contributed by atoms with Crippen LogP contribution in [-0.2, 0) is 14.3 Å². The average molecular weight is 597 g/mol. The number of rotatable bonds is 7.